The van der Waals surface area contributed by atoms with Crippen LogP contribution in [0.5, 0.6) is 0 Å². The average Bonchev–Trinajstić information content (AvgIpc) is 3.43. The molecule has 5 rings (SSSR count). The molecule has 0 saturated carbocycles. The molecule has 1 N–H and O–H groups in total. The molecule has 1 fully saturated rings. The van der Waals surface area contributed by atoms with Crippen LogP contribution >= 0.6 is 0 Å². The largest absolute Gasteiger partial charge is 0.419 e. The van der Waals surface area contributed by atoms with Gasteiger partial charge in [0.2, 0.25) is 17.7 Å². The molecule has 0 bridgehead atoms. The van der Waals surface area contributed by atoms with Crippen molar-refractivity contribution in [3.05, 3.63) is 65.7 Å². The number of aromatic nitrogens is 3. The fourth-order valence-corrected chi connectivity index (χ4v) is 4.60. The standard InChI is InChI=1S/C27H31N5O2/c1-18-10-12-31(13-11-18)17-26-29-30-27(34-26)22-15-32(24-7-5-4-6-21(22)24)16-25(33)28-23-14-19(2)8-9-20(23)3/h4-9,14-15,18H,10-13,16-17H2,1-3H3,(H,28,33). The maximum Gasteiger partial charge on any atom is 0.249 e. The molecule has 0 radical (unpaired) electrons. The van der Waals surface area contributed by atoms with Crippen molar-refractivity contribution in [3.8, 4) is 11.5 Å². The van der Waals surface area contributed by atoms with Gasteiger partial charge in [-0.05, 0) is 69.0 Å². The molecule has 2 aromatic heterocycles. The quantitative estimate of drug-likeness (QED) is 0.432. The van der Waals surface area contributed by atoms with E-state index in [9.17, 15) is 4.79 Å². The maximum atomic E-state index is 12.9. The van der Waals surface area contributed by atoms with Gasteiger partial charge in [-0.15, -0.1) is 10.2 Å². The number of benzene rings is 2. The van der Waals surface area contributed by atoms with E-state index in [0.717, 1.165) is 52.3 Å². The minimum Gasteiger partial charge on any atom is -0.419 e. The minimum absolute atomic E-state index is 0.0773. The Morgan fingerprint density at radius 2 is 1.91 bits per heavy atom. The average molecular weight is 458 g/mol. The molecule has 0 spiro atoms. The lowest BCUT2D eigenvalue weighted by molar-refractivity contribution is -0.116. The van der Waals surface area contributed by atoms with E-state index in [1.165, 1.54) is 12.8 Å². The molecule has 3 heterocycles. The number of fused-ring (bicyclic) bond motifs is 1. The lowest BCUT2D eigenvalue weighted by Gasteiger charge is -2.28. The van der Waals surface area contributed by atoms with Crippen molar-refractivity contribution in [2.24, 2.45) is 5.92 Å². The van der Waals surface area contributed by atoms with Crippen LogP contribution in [0.2, 0.25) is 0 Å². The highest BCUT2D eigenvalue weighted by molar-refractivity contribution is 5.97. The first-order valence-corrected chi connectivity index (χ1v) is 12.0. The second-order valence-corrected chi connectivity index (χ2v) is 9.51. The van der Waals surface area contributed by atoms with Gasteiger partial charge in [-0.3, -0.25) is 9.69 Å². The predicted octanol–water partition coefficient (Wildman–Crippen LogP) is 5.18. The van der Waals surface area contributed by atoms with Crippen molar-refractivity contribution in [1.82, 2.24) is 19.7 Å². The van der Waals surface area contributed by atoms with Gasteiger partial charge in [0.15, 0.2) is 0 Å². The number of nitrogens with zero attached hydrogens (tertiary/aromatic N) is 4. The van der Waals surface area contributed by atoms with E-state index in [4.69, 9.17) is 4.42 Å². The summed E-state index contributed by atoms with van der Waals surface area (Å²) in [7, 11) is 0. The van der Waals surface area contributed by atoms with E-state index >= 15 is 0 Å². The van der Waals surface area contributed by atoms with Gasteiger partial charge in [-0.1, -0.05) is 37.3 Å². The summed E-state index contributed by atoms with van der Waals surface area (Å²) in [6.07, 6.45) is 4.35. The number of hydrogen-bond acceptors (Lipinski definition) is 5. The number of anilines is 1. The topological polar surface area (TPSA) is 76.2 Å². The van der Waals surface area contributed by atoms with Crippen molar-refractivity contribution in [3.63, 3.8) is 0 Å². The van der Waals surface area contributed by atoms with Crippen LogP contribution in [-0.4, -0.2) is 38.7 Å². The zero-order valence-electron chi connectivity index (χ0n) is 20.0. The molecule has 34 heavy (non-hydrogen) atoms. The van der Waals surface area contributed by atoms with Crippen LogP contribution in [0.25, 0.3) is 22.4 Å². The number of nitrogens with one attached hydrogen (secondary N) is 1. The number of piperidine rings is 1. The molecule has 4 aromatic rings. The highest BCUT2D eigenvalue weighted by Gasteiger charge is 2.20. The Morgan fingerprint density at radius 3 is 2.74 bits per heavy atom. The molecular formula is C27H31N5O2. The van der Waals surface area contributed by atoms with Crippen molar-refractivity contribution >= 4 is 22.5 Å². The van der Waals surface area contributed by atoms with Crippen molar-refractivity contribution in [2.75, 3.05) is 18.4 Å². The molecule has 2 aromatic carbocycles. The molecule has 7 nitrogen and oxygen atoms in total. The lowest BCUT2D eigenvalue weighted by atomic mass is 9.99. The van der Waals surface area contributed by atoms with E-state index < -0.39 is 0 Å². The van der Waals surface area contributed by atoms with Gasteiger partial charge in [-0.25, -0.2) is 0 Å². The molecular weight excluding hydrogens is 426 g/mol. The third kappa shape index (κ3) is 4.75. The van der Waals surface area contributed by atoms with E-state index in [2.05, 4.69) is 27.3 Å². The first-order chi connectivity index (χ1) is 16.5. The fraction of sp³-hybridized carbons (Fsp3) is 0.370. The Labute approximate surface area is 199 Å². The summed E-state index contributed by atoms with van der Waals surface area (Å²) >= 11 is 0. The first kappa shape index (κ1) is 22.3. The SMILES string of the molecule is Cc1ccc(C)c(NC(=O)Cn2cc(-c3nnc(CN4CCC(C)CC4)o3)c3ccccc32)c1. The Bertz CT molecular complexity index is 1310. The first-order valence-electron chi connectivity index (χ1n) is 12.0. The molecule has 176 valence electrons. The summed E-state index contributed by atoms with van der Waals surface area (Å²) in [6, 6.07) is 14.1. The Balaban J connectivity index is 1.36. The second-order valence-electron chi connectivity index (χ2n) is 9.51. The maximum absolute atomic E-state index is 12.9. The zero-order chi connectivity index (χ0) is 23.7. The van der Waals surface area contributed by atoms with Gasteiger partial charge in [0, 0.05) is 22.8 Å². The monoisotopic (exact) mass is 457 g/mol. The van der Waals surface area contributed by atoms with Gasteiger partial charge in [-0.2, -0.15) is 0 Å². The normalized spacial score (nSPS) is 15.1. The van der Waals surface area contributed by atoms with Crippen molar-refractivity contribution < 1.29 is 9.21 Å². The van der Waals surface area contributed by atoms with E-state index in [-0.39, 0.29) is 12.5 Å². The second kappa shape index (κ2) is 9.43. The number of rotatable bonds is 6. The number of carbonyl (C=O) groups excluding carboxylic acids is 1. The van der Waals surface area contributed by atoms with Crippen LogP contribution in [-0.2, 0) is 17.9 Å². The third-order valence-electron chi connectivity index (χ3n) is 6.70. The summed E-state index contributed by atoms with van der Waals surface area (Å²) in [5.41, 5.74) is 4.80. The Hall–Kier alpha value is -3.45. The van der Waals surface area contributed by atoms with E-state index in [1.54, 1.807) is 0 Å². The zero-order valence-corrected chi connectivity index (χ0v) is 20.0. The van der Waals surface area contributed by atoms with Gasteiger partial charge < -0.3 is 14.3 Å². The Morgan fingerprint density at radius 1 is 1.12 bits per heavy atom. The highest BCUT2D eigenvalue weighted by Crippen LogP contribution is 2.30. The van der Waals surface area contributed by atoms with Gasteiger partial charge >= 0.3 is 0 Å². The molecule has 1 aliphatic rings. The number of para-hydroxylation sites is 1. The third-order valence-corrected chi connectivity index (χ3v) is 6.70. The predicted molar refractivity (Wildman–Crippen MR) is 133 cm³/mol. The van der Waals surface area contributed by atoms with Crippen LogP contribution in [0, 0.1) is 19.8 Å². The lowest BCUT2D eigenvalue weighted by Crippen LogP contribution is -2.32. The molecule has 0 aliphatic carbocycles. The number of amides is 1. The Kier molecular flexibility index (Phi) is 6.20. The van der Waals surface area contributed by atoms with E-state index in [0.29, 0.717) is 18.3 Å². The number of aryl methyl sites for hydroxylation is 2. The molecule has 0 atom stereocenters. The van der Waals surface area contributed by atoms with Crippen LogP contribution in [0.3, 0.4) is 0 Å². The summed E-state index contributed by atoms with van der Waals surface area (Å²) < 4.78 is 8.02. The van der Waals surface area contributed by atoms with Crippen LogP contribution in [0.1, 0.15) is 36.8 Å². The van der Waals surface area contributed by atoms with Crippen molar-refractivity contribution in [1.29, 1.82) is 0 Å². The van der Waals surface area contributed by atoms with Crippen LogP contribution in [0.4, 0.5) is 5.69 Å². The van der Waals surface area contributed by atoms with Gasteiger partial charge in [0.25, 0.3) is 0 Å². The number of hydrogen-bond donors (Lipinski definition) is 1. The molecule has 7 heteroatoms. The summed E-state index contributed by atoms with van der Waals surface area (Å²) in [4.78, 5) is 15.3. The summed E-state index contributed by atoms with van der Waals surface area (Å²) in [5.74, 6) is 1.83. The van der Waals surface area contributed by atoms with Gasteiger partial charge in [0.05, 0.1) is 12.1 Å². The van der Waals surface area contributed by atoms with Crippen molar-refractivity contribution in [2.45, 2.75) is 46.7 Å². The molecule has 1 saturated heterocycles. The number of likely N-dealkylation sites (tertiary alicyclic amines) is 1. The fourth-order valence-electron chi connectivity index (χ4n) is 4.60. The minimum atomic E-state index is -0.0773. The van der Waals surface area contributed by atoms with Gasteiger partial charge in [0.1, 0.15) is 6.54 Å². The molecule has 1 aliphatic heterocycles. The smallest absolute Gasteiger partial charge is 0.249 e. The van der Waals surface area contributed by atoms with E-state index in [1.807, 2.05) is 67.1 Å². The highest BCUT2D eigenvalue weighted by atomic mass is 16.4. The number of carbonyl (C=O) groups is 1. The molecule has 0 unspecified atom stereocenters. The molecule has 1 amide bonds. The van der Waals surface area contributed by atoms with Crippen LogP contribution < -0.4 is 5.32 Å². The van der Waals surface area contributed by atoms with Crippen LogP contribution in [0.15, 0.2) is 53.1 Å². The summed E-state index contributed by atoms with van der Waals surface area (Å²) in [5, 5.41) is 12.7. The summed E-state index contributed by atoms with van der Waals surface area (Å²) in [6.45, 7) is 9.32.